The zero-order chi connectivity index (χ0) is 13.7. The van der Waals surface area contributed by atoms with Crippen molar-refractivity contribution >= 4 is 23.2 Å². The number of carboxylic acids is 1. The number of amides is 1. The van der Waals surface area contributed by atoms with Gasteiger partial charge in [-0.3, -0.25) is 9.69 Å². The summed E-state index contributed by atoms with van der Waals surface area (Å²) < 4.78 is 0. The minimum atomic E-state index is -0.911. The molecule has 1 aromatic rings. The first-order chi connectivity index (χ1) is 8.38. The molecule has 5 nitrogen and oxygen atoms in total. The first-order valence-corrected chi connectivity index (χ1v) is 6.50. The molecule has 0 radical (unpaired) electrons. The van der Waals surface area contributed by atoms with Gasteiger partial charge >= 0.3 is 5.97 Å². The highest BCUT2D eigenvalue weighted by molar-refractivity contribution is 7.13. The van der Waals surface area contributed by atoms with Crippen molar-refractivity contribution < 1.29 is 14.7 Å². The van der Waals surface area contributed by atoms with E-state index in [1.165, 1.54) is 11.3 Å². The fraction of sp³-hybridized carbons (Fsp3) is 0.500. The quantitative estimate of drug-likeness (QED) is 0.820. The molecule has 0 saturated heterocycles. The Bertz CT molecular complexity index is 429. The van der Waals surface area contributed by atoms with Crippen LogP contribution in [0, 0.1) is 0 Å². The number of hydrogen-bond acceptors (Lipinski definition) is 4. The molecule has 100 valence electrons. The highest BCUT2D eigenvalue weighted by Gasteiger charge is 2.11. The van der Waals surface area contributed by atoms with Gasteiger partial charge in [-0.05, 0) is 33.0 Å². The van der Waals surface area contributed by atoms with E-state index >= 15 is 0 Å². The van der Waals surface area contributed by atoms with E-state index in [2.05, 4.69) is 5.32 Å². The molecule has 0 fully saturated rings. The lowest BCUT2D eigenvalue weighted by molar-refractivity contribution is -0.122. The Hall–Kier alpha value is -1.40. The summed E-state index contributed by atoms with van der Waals surface area (Å²) >= 11 is 1.24. The van der Waals surface area contributed by atoms with E-state index in [0.29, 0.717) is 18.0 Å². The molecule has 0 unspecified atom stereocenters. The van der Waals surface area contributed by atoms with Gasteiger partial charge in [-0.15, -0.1) is 11.3 Å². The van der Waals surface area contributed by atoms with Gasteiger partial charge in [0.05, 0.1) is 6.54 Å². The number of nitrogens with zero attached hydrogens (tertiary/aromatic N) is 1. The summed E-state index contributed by atoms with van der Waals surface area (Å²) in [6, 6.07) is 3.50. The third kappa shape index (κ3) is 4.85. The van der Waals surface area contributed by atoms with Crippen molar-refractivity contribution in [3.8, 4) is 0 Å². The molecule has 0 atom stereocenters. The minimum absolute atomic E-state index is 0.0254. The number of thiophene rings is 1. The van der Waals surface area contributed by atoms with Gasteiger partial charge in [0.2, 0.25) is 5.91 Å². The number of carbonyl (C=O) groups excluding carboxylic acids is 1. The van der Waals surface area contributed by atoms with Crippen molar-refractivity contribution in [2.24, 2.45) is 0 Å². The summed E-state index contributed by atoms with van der Waals surface area (Å²) in [7, 11) is 1.83. The zero-order valence-corrected chi connectivity index (χ0v) is 11.6. The van der Waals surface area contributed by atoms with Crippen molar-refractivity contribution in [3.05, 3.63) is 21.9 Å². The van der Waals surface area contributed by atoms with Crippen LogP contribution in [0.2, 0.25) is 0 Å². The third-order valence-electron chi connectivity index (χ3n) is 2.16. The van der Waals surface area contributed by atoms with E-state index in [1.54, 1.807) is 12.1 Å². The largest absolute Gasteiger partial charge is 0.477 e. The van der Waals surface area contributed by atoms with Crippen molar-refractivity contribution in [2.75, 3.05) is 13.6 Å². The van der Waals surface area contributed by atoms with Crippen LogP contribution in [0.5, 0.6) is 0 Å². The highest BCUT2D eigenvalue weighted by atomic mass is 32.1. The number of nitrogens with one attached hydrogen (secondary N) is 1. The first kappa shape index (κ1) is 14.7. The Kier molecular flexibility index (Phi) is 5.30. The predicted molar refractivity (Wildman–Crippen MR) is 70.9 cm³/mol. The van der Waals surface area contributed by atoms with Crippen LogP contribution in [0.4, 0.5) is 0 Å². The summed E-state index contributed by atoms with van der Waals surface area (Å²) in [5, 5.41) is 11.6. The van der Waals surface area contributed by atoms with Crippen molar-refractivity contribution in [3.63, 3.8) is 0 Å². The molecule has 0 bridgehead atoms. The maximum atomic E-state index is 11.5. The number of carboxylic acid groups (broad SMARTS) is 1. The molecule has 0 saturated carbocycles. The Morgan fingerprint density at radius 3 is 2.61 bits per heavy atom. The van der Waals surface area contributed by atoms with Crippen molar-refractivity contribution in [1.29, 1.82) is 0 Å². The van der Waals surface area contributed by atoms with Crippen LogP contribution in [0.15, 0.2) is 12.1 Å². The van der Waals surface area contributed by atoms with Gasteiger partial charge < -0.3 is 10.4 Å². The fourth-order valence-corrected chi connectivity index (χ4v) is 2.44. The first-order valence-electron chi connectivity index (χ1n) is 5.68. The topological polar surface area (TPSA) is 69.6 Å². The molecule has 1 rings (SSSR count). The second kappa shape index (κ2) is 6.51. The van der Waals surface area contributed by atoms with Crippen LogP contribution < -0.4 is 5.32 Å². The molecule has 1 amide bonds. The van der Waals surface area contributed by atoms with E-state index in [9.17, 15) is 9.59 Å². The molecule has 6 heteroatoms. The molecule has 1 aromatic heterocycles. The van der Waals surface area contributed by atoms with Gasteiger partial charge in [0.25, 0.3) is 0 Å². The summed E-state index contributed by atoms with van der Waals surface area (Å²) in [4.78, 5) is 25.4. The fourth-order valence-electron chi connectivity index (χ4n) is 1.51. The maximum absolute atomic E-state index is 11.5. The normalized spacial score (nSPS) is 10.9. The summed E-state index contributed by atoms with van der Waals surface area (Å²) in [6.07, 6.45) is 0. The van der Waals surface area contributed by atoms with Crippen LogP contribution >= 0.6 is 11.3 Å². The number of hydrogen-bond donors (Lipinski definition) is 2. The van der Waals surface area contributed by atoms with Gasteiger partial charge in [0, 0.05) is 17.5 Å². The zero-order valence-electron chi connectivity index (χ0n) is 10.8. The molecular formula is C12H18N2O3S. The monoisotopic (exact) mass is 270 g/mol. The van der Waals surface area contributed by atoms with Gasteiger partial charge in [-0.25, -0.2) is 4.79 Å². The van der Waals surface area contributed by atoms with Gasteiger partial charge in [0.1, 0.15) is 4.88 Å². The smallest absolute Gasteiger partial charge is 0.345 e. The predicted octanol–water partition coefficient (Wildman–Crippen LogP) is 1.40. The molecule has 0 aliphatic carbocycles. The van der Waals surface area contributed by atoms with Crippen LogP contribution in [0.3, 0.4) is 0 Å². The van der Waals surface area contributed by atoms with Crippen LogP contribution in [0.25, 0.3) is 0 Å². The van der Waals surface area contributed by atoms with Crippen LogP contribution in [-0.2, 0) is 11.3 Å². The van der Waals surface area contributed by atoms with E-state index in [0.717, 1.165) is 4.88 Å². The Balaban J connectivity index is 2.46. The average molecular weight is 270 g/mol. The lowest BCUT2D eigenvalue weighted by atomic mass is 10.3. The van der Waals surface area contributed by atoms with E-state index in [-0.39, 0.29) is 11.9 Å². The Morgan fingerprint density at radius 2 is 2.11 bits per heavy atom. The standard InChI is InChI=1S/C12H18N2O3S/c1-8(2)13-11(15)7-14(3)6-9-4-5-10(18-9)12(16)17/h4-5,8H,6-7H2,1-3H3,(H,13,15)(H,16,17). The molecule has 0 aromatic carbocycles. The summed E-state index contributed by atoms with van der Waals surface area (Å²) in [6.45, 7) is 4.70. The Labute approximate surface area is 110 Å². The molecular weight excluding hydrogens is 252 g/mol. The molecule has 18 heavy (non-hydrogen) atoms. The van der Waals surface area contributed by atoms with E-state index in [4.69, 9.17) is 5.11 Å². The Morgan fingerprint density at radius 1 is 1.44 bits per heavy atom. The maximum Gasteiger partial charge on any atom is 0.345 e. The van der Waals surface area contributed by atoms with Crippen molar-refractivity contribution in [1.82, 2.24) is 10.2 Å². The molecule has 0 spiro atoms. The number of aromatic carboxylic acids is 1. The third-order valence-corrected chi connectivity index (χ3v) is 3.22. The lowest BCUT2D eigenvalue weighted by Gasteiger charge is -2.16. The summed E-state index contributed by atoms with van der Waals surface area (Å²) in [5.74, 6) is -0.936. The summed E-state index contributed by atoms with van der Waals surface area (Å²) in [5.41, 5.74) is 0. The number of likely N-dealkylation sites (N-methyl/N-ethyl adjacent to an activating group) is 1. The van der Waals surface area contributed by atoms with E-state index in [1.807, 2.05) is 25.8 Å². The number of rotatable bonds is 6. The van der Waals surface area contributed by atoms with Crippen LogP contribution in [-0.4, -0.2) is 41.5 Å². The SMILES string of the molecule is CC(C)NC(=O)CN(C)Cc1ccc(C(=O)O)s1. The second-order valence-electron chi connectivity index (χ2n) is 4.47. The number of carbonyl (C=O) groups is 2. The minimum Gasteiger partial charge on any atom is -0.477 e. The van der Waals surface area contributed by atoms with Gasteiger partial charge in [0.15, 0.2) is 0 Å². The molecule has 2 N–H and O–H groups in total. The van der Waals surface area contributed by atoms with Gasteiger partial charge in [-0.2, -0.15) is 0 Å². The molecule has 0 aliphatic rings. The van der Waals surface area contributed by atoms with E-state index < -0.39 is 5.97 Å². The lowest BCUT2D eigenvalue weighted by Crippen LogP contribution is -2.38. The molecule has 0 aliphatic heterocycles. The van der Waals surface area contributed by atoms with Gasteiger partial charge in [-0.1, -0.05) is 0 Å². The van der Waals surface area contributed by atoms with Crippen LogP contribution in [0.1, 0.15) is 28.4 Å². The van der Waals surface area contributed by atoms with Crippen molar-refractivity contribution in [2.45, 2.75) is 26.4 Å². The molecule has 1 heterocycles. The highest BCUT2D eigenvalue weighted by Crippen LogP contribution is 2.17. The average Bonchev–Trinajstić information content (AvgIpc) is 2.63. The second-order valence-corrected chi connectivity index (χ2v) is 5.63.